The van der Waals surface area contributed by atoms with Crippen LogP contribution >= 0.6 is 39.0 Å². The zero-order valence-corrected chi connectivity index (χ0v) is 13.3. The molecule has 2 atom stereocenters. The van der Waals surface area contributed by atoms with E-state index in [4.69, 9.17) is 5.73 Å². The molecule has 2 aromatic heterocycles. The average Bonchev–Trinajstić information content (AvgIpc) is 2.91. The minimum Gasteiger partial charge on any atom is -0.326 e. The van der Waals surface area contributed by atoms with Crippen molar-refractivity contribution in [2.45, 2.75) is 29.7 Å². The summed E-state index contributed by atoms with van der Waals surface area (Å²) in [6.07, 6.45) is 2.79. The molecule has 2 nitrogen and oxygen atoms in total. The van der Waals surface area contributed by atoms with Crippen LogP contribution in [-0.4, -0.2) is 11.0 Å². The third-order valence-electron chi connectivity index (χ3n) is 2.63. The van der Waals surface area contributed by atoms with Gasteiger partial charge in [-0.25, -0.2) is 4.98 Å². The first-order chi connectivity index (χ1) is 8.70. The summed E-state index contributed by atoms with van der Waals surface area (Å²) in [5.74, 6) is 0. The Morgan fingerprint density at radius 3 is 2.83 bits per heavy atom. The van der Waals surface area contributed by atoms with Crippen LogP contribution in [0.4, 0.5) is 0 Å². The molecule has 0 aliphatic heterocycles. The van der Waals surface area contributed by atoms with Crippen molar-refractivity contribution in [1.29, 1.82) is 0 Å². The van der Waals surface area contributed by atoms with Gasteiger partial charge in [-0.1, -0.05) is 24.8 Å². The molecule has 2 aromatic rings. The van der Waals surface area contributed by atoms with Crippen LogP contribution in [-0.2, 0) is 0 Å². The molecule has 18 heavy (non-hydrogen) atoms. The fourth-order valence-electron chi connectivity index (χ4n) is 1.59. The highest BCUT2D eigenvalue weighted by Gasteiger charge is 2.21. The van der Waals surface area contributed by atoms with E-state index in [2.05, 4.69) is 45.4 Å². The van der Waals surface area contributed by atoms with E-state index in [0.717, 1.165) is 15.9 Å². The van der Waals surface area contributed by atoms with E-state index in [9.17, 15) is 0 Å². The first-order valence-corrected chi connectivity index (χ1v) is 8.33. The van der Waals surface area contributed by atoms with Gasteiger partial charge in [-0.05, 0) is 45.9 Å². The Morgan fingerprint density at radius 1 is 1.44 bits per heavy atom. The van der Waals surface area contributed by atoms with Gasteiger partial charge in [-0.15, -0.1) is 11.3 Å². The Morgan fingerprint density at radius 2 is 2.28 bits per heavy atom. The molecule has 2 N–H and O–H groups in total. The molecule has 0 bridgehead atoms. The third-order valence-corrected chi connectivity index (χ3v) is 5.55. The van der Waals surface area contributed by atoms with Crippen LogP contribution in [0.2, 0.25) is 0 Å². The second-order valence-corrected chi connectivity index (χ2v) is 7.00. The smallest absolute Gasteiger partial charge is 0.0967 e. The summed E-state index contributed by atoms with van der Waals surface area (Å²) < 4.78 is 0.999. The molecule has 2 rings (SSSR count). The predicted molar refractivity (Wildman–Crippen MR) is 83.1 cm³/mol. The fourth-order valence-corrected chi connectivity index (χ4v) is 3.99. The van der Waals surface area contributed by atoms with Crippen LogP contribution in [0.3, 0.4) is 0 Å². The highest BCUT2D eigenvalue weighted by Crippen LogP contribution is 2.39. The summed E-state index contributed by atoms with van der Waals surface area (Å²) in [4.78, 5) is 5.73. The summed E-state index contributed by atoms with van der Waals surface area (Å²) in [7, 11) is 0. The number of nitrogens with zero attached hydrogens (tertiary/aromatic N) is 1. The van der Waals surface area contributed by atoms with E-state index >= 15 is 0 Å². The number of halogens is 1. The molecule has 96 valence electrons. The lowest BCUT2D eigenvalue weighted by atomic mass is 10.1. The standard InChI is InChI=1S/C13H15BrN2S2/c1-2-10(15)13(11-4-3-7-17-11)18-12-6-5-9(14)8-16-12/h3-8,10,13H,2,15H2,1H3. The van der Waals surface area contributed by atoms with Crippen LogP contribution in [0, 0.1) is 0 Å². The van der Waals surface area contributed by atoms with E-state index in [-0.39, 0.29) is 11.3 Å². The van der Waals surface area contributed by atoms with Crippen LogP contribution in [0.25, 0.3) is 0 Å². The minimum absolute atomic E-state index is 0.152. The Labute approximate surface area is 124 Å². The van der Waals surface area contributed by atoms with Crippen LogP contribution in [0.1, 0.15) is 23.5 Å². The van der Waals surface area contributed by atoms with Gasteiger partial charge in [0, 0.05) is 21.6 Å². The van der Waals surface area contributed by atoms with E-state index in [1.807, 2.05) is 18.3 Å². The van der Waals surface area contributed by atoms with Crippen molar-refractivity contribution in [3.8, 4) is 0 Å². The van der Waals surface area contributed by atoms with Crippen molar-refractivity contribution in [3.05, 3.63) is 45.2 Å². The molecule has 0 aliphatic carbocycles. The Balaban J connectivity index is 2.17. The number of hydrogen-bond acceptors (Lipinski definition) is 4. The van der Waals surface area contributed by atoms with E-state index in [1.54, 1.807) is 23.1 Å². The molecule has 0 aromatic carbocycles. The Bertz CT molecular complexity index is 470. The highest BCUT2D eigenvalue weighted by atomic mass is 79.9. The number of pyridine rings is 1. The van der Waals surface area contributed by atoms with Crippen molar-refractivity contribution in [2.75, 3.05) is 0 Å². The number of hydrogen-bond donors (Lipinski definition) is 1. The number of thioether (sulfide) groups is 1. The fraction of sp³-hybridized carbons (Fsp3) is 0.308. The predicted octanol–water partition coefficient (Wildman–Crippen LogP) is 4.48. The van der Waals surface area contributed by atoms with Gasteiger partial charge in [0.1, 0.15) is 0 Å². The quantitative estimate of drug-likeness (QED) is 0.814. The monoisotopic (exact) mass is 342 g/mol. The van der Waals surface area contributed by atoms with Crippen LogP contribution < -0.4 is 5.73 Å². The summed E-state index contributed by atoms with van der Waals surface area (Å²) in [5, 5.41) is 3.39. The zero-order chi connectivity index (χ0) is 13.0. The van der Waals surface area contributed by atoms with Gasteiger partial charge < -0.3 is 5.73 Å². The van der Waals surface area contributed by atoms with Gasteiger partial charge in [-0.3, -0.25) is 0 Å². The maximum atomic E-state index is 6.23. The van der Waals surface area contributed by atoms with Crippen LogP contribution in [0.5, 0.6) is 0 Å². The lowest BCUT2D eigenvalue weighted by Crippen LogP contribution is -2.25. The molecule has 0 saturated heterocycles. The summed E-state index contributed by atoms with van der Waals surface area (Å²) in [6.45, 7) is 2.13. The molecular weight excluding hydrogens is 328 g/mol. The summed E-state index contributed by atoms with van der Waals surface area (Å²) >= 11 is 6.90. The normalized spacial score (nSPS) is 14.4. The van der Waals surface area contributed by atoms with Gasteiger partial charge in [0.2, 0.25) is 0 Å². The van der Waals surface area contributed by atoms with E-state index in [0.29, 0.717) is 0 Å². The zero-order valence-electron chi connectivity index (χ0n) is 10.0. The first kappa shape index (κ1) is 14.1. The van der Waals surface area contributed by atoms with E-state index < -0.39 is 0 Å². The van der Waals surface area contributed by atoms with Gasteiger partial charge in [0.25, 0.3) is 0 Å². The Hall–Kier alpha value is -0.360. The average molecular weight is 343 g/mol. The van der Waals surface area contributed by atoms with Gasteiger partial charge in [0.15, 0.2) is 0 Å². The highest BCUT2D eigenvalue weighted by molar-refractivity contribution is 9.10. The van der Waals surface area contributed by atoms with Crippen molar-refractivity contribution >= 4 is 39.0 Å². The number of aromatic nitrogens is 1. The van der Waals surface area contributed by atoms with Crippen LogP contribution in [0.15, 0.2) is 45.3 Å². The summed E-state index contributed by atoms with van der Waals surface area (Å²) in [6, 6.07) is 8.41. The molecule has 0 aliphatic rings. The number of thiophene rings is 1. The molecular formula is C13H15BrN2S2. The van der Waals surface area contributed by atoms with Crippen molar-refractivity contribution in [3.63, 3.8) is 0 Å². The van der Waals surface area contributed by atoms with Crippen molar-refractivity contribution < 1.29 is 0 Å². The molecule has 0 radical (unpaired) electrons. The van der Waals surface area contributed by atoms with Crippen molar-refractivity contribution in [1.82, 2.24) is 4.98 Å². The largest absolute Gasteiger partial charge is 0.326 e. The van der Waals surface area contributed by atoms with Gasteiger partial charge in [0.05, 0.1) is 10.3 Å². The topological polar surface area (TPSA) is 38.9 Å². The molecule has 5 heteroatoms. The second kappa shape index (κ2) is 6.70. The first-order valence-electron chi connectivity index (χ1n) is 5.78. The molecule has 0 fully saturated rings. The molecule has 0 saturated carbocycles. The maximum absolute atomic E-state index is 6.23. The van der Waals surface area contributed by atoms with E-state index in [1.165, 1.54) is 4.88 Å². The SMILES string of the molecule is CCC(N)C(Sc1ccc(Br)cn1)c1cccs1. The third kappa shape index (κ3) is 3.57. The molecule has 2 unspecified atom stereocenters. The molecule has 2 heterocycles. The lowest BCUT2D eigenvalue weighted by Gasteiger charge is -2.20. The lowest BCUT2D eigenvalue weighted by molar-refractivity contribution is 0.639. The number of nitrogens with two attached hydrogens (primary N) is 1. The summed E-state index contributed by atoms with van der Waals surface area (Å²) in [5.41, 5.74) is 6.23. The molecule has 0 amide bonds. The maximum Gasteiger partial charge on any atom is 0.0967 e. The van der Waals surface area contributed by atoms with Gasteiger partial charge in [-0.2, -0.15) is 0 Å². The van der Waals surface area contributed by atoms with Gasteiger partial charge >= 0.3 is 0 Å². The Kier molecular flexibility index (Phi) is 5.24. The minimum atomic E-state index is 0.152. The molecule has 0 spiro atoms. The number of rotatable bonds is 5. The van der Waals surface area contributed by atoms with Crippen molar-refractivity contribution in [2.24, 2.45) is 5.73 Å². The second-order valence-electron chi connectivity index (χ2n) is 3.94.